The normalized spacial score (nSPS) is 11.2. The van der Waals surface area contributed by atoms with E-state index in [-0.39, 0.29) is 21.1 Å². The number of anilines is 2. The standard InChI is InChI=1S/C10H13F3N4O2S/c1-16-8(19)6-5(14)4(7(15)18)9(20-6)17(2)3-10(11,12)13/h3,14H2,1-2H3,(H2,15,18)(H,16,19). The topological polar surface area (TPSA) is 101 Å². The molecule has 2 amide bonds. The van der Waals surface area contributed by atoms with Crippen LogP contribution in [0.25, 0.3) is 0 Å². The second-order valence-corrected chi connectivity index (χ2v) is 4.94. The van der Waals surface area contributed by atoms with Gasteiger partial charge >= 0.3 is 6.18 Å². The zero-order valence-electron chi connectivity index (χ0n) is 10.7. The van der Waals surface area contributed by atoms with Crippen LogP contribution in [0.2, 0.25) is 0 Å². The van der Waals surface area contributed by atoms with Crippen LogP contribution >= 0.6 is 11.3 Å². The van der Waals surface area contributed by atoms with Gasteiger partial charge in [0.15, 0.2) is 0 Å². The number of alkyl halides is 3. The summed E-state index contributed by atoms with van der Waals surface area (Å²) in [7, 11) is 2.48. The Kier molecular flexibility index (Phi) is 4.48. The number of carbonyl (C=O) groups is 2. The molecule has 0 atom stereocenters. The molecule has 1 heterocycles. The maximum Gasteiger partial charge on any atom is 0.405 e. The second kappa shape index (κ2) is 5.57. The van der Waals surface area contributed by atoms with Crippen LogP contribution in [0.1, 0.15) is 20.0 Å². The SMILES string of the molecule is CNC(=O)c1sc(N(C)CC(F)(F)F)c(C(N)=O)c1N. The van der Waals surface area contributed by atoms with Crippen LogP contribution in [-0.2, 0) is 0 Å². The minimum absolute atomic E-state index is 0.0506. The largest absolute Gasteiger partial charge is 0.405 e. The van der Waals surface area contributed by atoms with Gasteiger partial charge in [-0.2, -0.15) is 13.2 Å². The molecule has 0 saturated heterocycles. The van der Waals surface area contributed by atoms with E-state index in [1.165, 1.54) is 7.05 Å². The molecule has 10 heteroatoms. The van der Waals surface area contributed by atoms with Crippen molar-refractivity contribution < 1.29 is 22.8 Å². The fourth-order valence-electron chi connectivity index (χ4n) is 1.56. The van der Waals surface area contributed by atoms with Crippen molar-refractivity contribution in [1.29, 1.82) is 0 Å². The molecule has 1 aromatic heterocycles. The van der Waals surface area contributed by atoms with Crippen molar-refractivity contribution in [2.45, 2.75) is 6.18 Å². The van der Waals surface area contributed by atoms with Gasteiger partial charge in [-0.25, -0.2) is 0 Å². The number of nitrogens with one attached hydrogen (secondary N) is 1. The number of rotatable bonds is 4. The number of nitrogens with zero attached hydrogens (tertiary/aromatic N) is 1. The lowest BCUT2D eigenvalue weighted by Crippen LogP contribution is -2.31. The zero-order valence-corrected chi connectivity index (χ0v) is 11.5. The summed E-state index contributed by atoms with van der Waals surface area (Å²) < 4.78 is 37.2. The Labute approximate surface area is 116 Å². The number of thiophene rings is 1. The Hall–Kier alpha value is -1.97. The lowest BCUT2D eigenvalue weighted by atomic mass is 10.2. The van der Waals surface area contributed by atoms with Crippen molar-refractivity contribution in [3.8, 4) is 0 Å². The van der Waals surface area contributed by atoms with E-state index in [9.17, 15) is 22.8 Å². The predicted octanol–water partition coefficient (Wildman–Crippen LogP) is 0.787. The van der Waals surface area contributed by atoms with Gasteiger partial charge in [-0.1, -0.05) is 0 Å². The van der Waals surface area contributed by atoms with Crippen LogP contribution in [0.15, 0.2) is 0 Å². The Morgan fingerprint density at radius 3 is 2.35 bits per heavy atom. The third-order valence-electron chi connectivity index (χ3n) is 2.37. The highest BCUT2D eigenvalue weighted by molar-refractivity contribution is 7.19. The summed E-state index contributed by atoms with van der Waals surface area (Å²) in [4.78, 5) is 23.6. The lowest BCUT2D eigenvalue weighted by molar-refractivity contribution is -0.119. The van der Waals surface area contributed by atoms with E-state index < -0.39 is 24.5 Å². The lowest BCUT2D eigenvalue weighted by Gasteiger charge is -2.20. The summed E-state index contributed by atoms with van der Waals surface area (Å²) in [6.07, 6.45) is -4.46. The zero-order chi connectivity index (χ0) is 15.7. The first-order valence-corrected chi connectivity index (χ1v) is 6.12. The molecular formula is C10H13F3N4O2S. The van der Waals surface area contributed by atoms with Crippen LogP contribution in [-0.4, -0.2) is 38.6 Å². The molecule has 0 aliphatic carbocycles. The fraction of sp³-hybridized carbons (Fsp3) is 0.400. The number of nitrogens with two attached hydrogens (primary N) is 2. The number of primary amides is 1. The average molecular weight is 310 g/mol. The van der Waals surface area contributed by atoms with Gasteiger partial charge in [0.1, 0.15) is 16.4 Å². The molecule has 6 nitrogen and oxygen atoms in total. The summed E-state index contributed by atoms with van der Waals surface area (Å²) >= 11 is 0.684. The Morgan fingerprint density at radius 2 is 1.95 bits per heavy atom. The molecule has 0 aliphatic heterocycles. The van der Waals surface area contributed by atoms with E-state index in [1.807, 2.05) is 0 Å². The molecule has 0 fully saturated rings. The number of hydrogen-bond donors (Lipinski definition) is 3. The predicted molar refractivity (Wildman–Crippen MR) is 70.0 cm³/mol. The first-order valence-electron chi connectivity index (χ1n) is 5.30. The second-order valence-electron chi connectivity index (χ2n) is 3.94. The third kappa shape index (κ3) is 3.32. The van der Waals surface area contributed by atoms with Crippen molar-refractivity contribution in [3.05, 3.63) is 10.4 Å². The van der Waals surface area contributed by atoms with E-state index in [0.29, 0.717) is 11.3 Å². The highest BCUT2D eigenvalue weighted by Gasteiger charge is 2.33. The van der Waals surface area contributed by atoms with Crippen molar-refractivity contribution in [3.63, 3.8) is 0 Å². The van der Waals surface area contributed by atoms with E-state index >= 15 is 0 Å². The smallest absolute Gasteiger partial charge is 0.397 e. The maximum absolute atomic E-state index is 12.4. The van der Waals surface area contributed by atoms with Crippen molar-refractivity contribution in [2.75, 3.05) is 31.3 Å². The maximum atomic E-state index is 12.4. The number of amides is 2. The number of hydrogen-bond acceptors (Lipinski definition) is 5. The molecule has 112 valence electrons. The van der Waals surface area contributed by atoms with Gasteiger partial charge in [0.2, 0.25) is 0 Å². The molecular weight excluding hydrogens is 297 g/mol. The number of nitrogen functional groups attached to an aromatic ring is 1. The van der Waals surface area contributed by atoms with Crippen molar-refractivity contribution in [2.24, 2.45) is 5.73 Å². The van der Waals surface area contributed by atoms with Crippen LogP contribution in [0.3, 0.4) is 0 Å². The van der Waals surface area contributed by atoms with Crippen LogP contribution in [0, 0.1) is 0 Å². The van der Waals surface area contributed by atoms with Crippen LogP contribution in [0.5, 0.6) is 0 Å². The highest BCUT2D eigenvalue weighted by Crippen LogP contribution is 2.38. The van der Waals surface area contributed by atoms with Crippen molar-refractivity contribution >= 4 is 33.8 Å². The molecule has 0 radical (unpaired) electrons. The molecule has 1 rings (SSSR count). The van der Waals surface area contributed by atoms with Crippen molar-refractivity contribution in [1.82, 2.24) is 5.32 Å². The third-order valence-corrected chi connectivity index (χ3v) is 3.69. The Bertz CT molecular complexity index is 541. The molecule has 0 spiro atoms. The quantitative estimate of drug-likeness (QED) is 0.765. The summed E-state index contributed by atoms with van der Waals surface area (Å²) in [5, 5.41) is 2.20. The molecule has 0 aliphatic rings. The van der Waals surface area contributed by atoms with Gasteiger partial charge in [0, 0.05) is 14.1 Å². The highest BCUT2D eigenvalue weighted by atomic mass is 32.1. The first kappa shape index (κ1) is 16.1. The number of carbonyl (C=O) groups excluding carboxylic acids is 2. The fourth-order valence-corrected chi connectivity index (χ4v) is 2.69. The minimum atomic E-state index is -4.46. The minimum Gasteiger partial charge on any atom is -0.397 e. The molecule has 20 heavy (non-hydrogen) atoms. The van der Waals surface area contributed by atoms with Gasteiger partial charge in [0.25, 0.3) is 11.8 Å². The summed E-state index contributed by atoms with van der Waals surface area (Å²) in [5.74, 6) is -1.58. The van der Waals surface area contributed by atoms with E-state index in [1.54, 1.807) is 0 Å². The van der Waals surface area contributed by atoms with Gasteiger partial charge in [-0.3, -0.25) is 9.59 Å². The van der Waals surface area contributed by atoms with E-state index in [4.69, 9.17) is 11.5 Å². The number of halogens is 3. The molecule has 0 saturated carbocycles. The van der Waals surface area contributed by atoms with Crippen LogP contribution in [0.4, 0.5) is 23.9 Å². The monoisotopic (exact) mass is 310 g/mol. The average Bonchev–Trinajstić information content (AvgIpc) is 2.63. The van der Waals surface area contributed by atoms with Gasteiger partial charge in [-0.05, 0) is 0 Å². The Morgan fingerprint density at radius 1 is 1.40 bits per heavy atom. The van der Waals surface area contributed by atoms with Gasteiger partial charge in [-0.15, -0.1) is 11.3 Å². The molecule has 0 unspecified atom stereocenters. The summed E-state index contributed by atoms with van der Waals surface area (Å²) in [6.45, 7) is -1.29. The van der Waals surface area contributed by atoms with E-state index in [0.717, 1.165) is 11.9 Å². The van der Waals surface area contributed by atoms with Gasteiger partial charge < -0.3 is 21.7 Å². The molecule has 0 aromatic carbocycles. The molecule has 5 N–H and O–H groups in total. The summed E-state index contributed by atoms with van der Waals surface area (Å²) in [5.41, 5.74) is 10.2. The van der Waals surface area contributed by atoms with Crippen LogP contribution < -0.4 is 21.7 Å². The molecule has 1 aromatic rings. The van der Waals surface area contributed by atoms with Gasteiger partial charge in [0.05, 0.1) is 11.3 Å². The first-order chi connectivity index (χ1) is 9.08. The molecule has 0 bridgehead atoms. The summed E-state index contributed by atoms with van der Waals surface area (Å²) in [6, 6.07) is 0. The van der Waals surface area contributed by atoms with E-state index in [2.05, 4.69) is 5.32 Å². The Balaban J connectivity index is 3.31.